The number of aromatic nitrogens is 1. The molecule has 1 amide bonds. The first-order valence-corrected chi connectivity index (χ1v) is 7.28. The molecule has 1 aliphatic heterocycles. The van der Waals surface area contributed by atoms with Crippen molar-refractivity contribution >= 4 is 21.8 Å². The van der Waals surface area contributed by atoms with E-state index in [1.165, 1.54) is 5.57 Å². The second-order valence-corrected chi connectivity index (χ2v) is 6.57. The lowest BCUT2D eigenvalue weighted by Gasteiger charge is -2.32. The van der Waals surface area contributed by atoms with Gasteiger partial charge in [-0.2, -0.15) is 0 Å². The Hall–Kier alpha value is -1.16. The van der Waals surface area contributed by atoms with Crippen LogP contribution in [0.1, 0.15) is 37.6 Å². The summed E-state index contributed by atoms with van der Waals surface area (Å²) >= 11 is 3.33. The van der Waals surface area contributed by atoms with E-state index in [9.17, 15) is 4.79 Å². The fourth-order valence-corrected chi connectivity index (χ4v) is 2.67. The second-order valence-electron chi connectivity index (χ2n) is 5.82. The third-order valence-electron chi connectivity index (χ3n) is 3.45. The van der Waals surface area contributed by atoms with Gasteiger partial charge in [-0.25, -0.2) is 4.98 Å². The summed E-state index contributed by atoms with van der Waals surface area (Å²) in [6.07, 6.45) is 4.81. The minimum absolute atomic E-state index is 0.0455. The first-order chi connectivity index (χ1) is 8.89. The number of hydrogen-bond donors (Lipinski definition) is 0. The van der Waals surface area contributed by atoms with Crippen LogP contribution in [0.3, 0.4) is 0 Å². The lowest BCUT2D eigenvalue weighted by Crippen LogP contribution is -2.36. The second kappa shape index (κ2) is 5.45. The molecule has 0 aromatic carbocycles. The van der Waals surface area contributed by atoms with Crippen LogP contribution in [-0.4, -0.2) is 28.9 Å². The van der Waals surface area contributed by atoms with Gasteiger partial charge in [0.2, 0.25) is 0 Å². The van der Waals surface area contributed by atoms with Crippen molar-refractivity contribution in [3.8, 4) is 0 Å². The third-order valence-corrected chi connectivity index (χ3v) is 4.08. The first-order valence-electron chi connectivity index (χ1n) is 6.49. The summed E-state index contributed by atoms with van der Waals surface area (Å²) in [5.74, 6) is 0.0455. The van der Waals surface area contributed by atoms with Crippen molar-refractivity contribution in [1.29, 1.82) is 0 Å². The summed E-state index contributed by atoms with van der Waals surface area (Å²) in [6.45, 7) is 8.12. The molecule has 0 bridgehead atoms. The molecule has 0 unspecified atom stereocenters. The van der Waals surface area contributed by atoms with Gasteiger partial charge in [-0.05, 0) is 39.9 Å². The number of rotatable bonds is 1. The van der Waals surface area contributed by atoms with E-state index in [1.807, 2.05) is 11.0 Å². The van der Waals surface area contributed by atoms with Gasteiger partial charge in [0.25, 0.3) is 5.91 Å². The molecule has 0 aliphatic carbocycles. The summed E-state index contributed by atoms with van der Waals surface area (Å²) < 4.78 is 0.616. The predicted molar refractivity (Wildman–Crippen MR) is 80.0 cm³/mol. The van der Waals surface area contributed by atoms with Crippen LogP contribution in [0.15, 0.2) is 34.6 Å². The van der Waals surface area contributed by atoms with Gasteiger partial charge in [-0.1, -0.05) is 32.4 Å². The van der Waals surface area contributed by atoms with Crippen molar-refractivity contribution in [2.75, 3.05) is 13.1 Å². The minimum Gasteiger partial charge on any atom is -0.335 e. The van der Waals surface area contributed by atoms with E-state index in [2.05, 4.69) is 47.8 Å². The lowest BCUT2D eigenvalue weighted by atomic mass is 9.83. The van der Waals surface area contributed by atoms with Crippen LogP contribution in [0.25, 0.3) is 0 Å². The molecule has 19 heavy (non-hydrogen) atoms. The van der Waals surface area contributed by atoms with Gasteiger partial charge in [0, 0.05) is 19.3 Å². The highest BCUT2D eigenvalue weighted by Crippen LogP contribution is 2.30. The van der Waals surface area contributed by atoms with E-state index in [0.717, 1.165) is 13.0 Å². The Morgan fingerprint density at radius 2 is 2.16 bits per heavy atom. The van der Waals surface area contributed by atoms with Crippen LogP contribution in [-0.2, 0) is 0 Å². The number of nitrogens with zero attached hydrogens (tertiary/aromatic N) is 2. The maximum Gasteiger partial charge on any atom is 0.256 e. The molecule has 1 aliphatic rings. The maximum absolute atomic E-state index is 12.4. The highest BCUT2D eigenvalue weighted by atomic mass is 79.9. The molecule has 1 aromatic rings. The lowest BCUT2D eigenvalue weighted by molar-refractivity contribution is 0.0763. The zero-order chi connectivity index (χ0) is 14.0. The van der Waals surface area contributed by atoms with Crippen LogP contribution < -0.4 is 0 Å². The van der Waals surface area contributed by atoms with Crippen LogP contribution in [0.2, 0.25) is 0 Å². The molecule has 0 saturated heterocycles. The fraction of sp³-hybridized carbons (Fsp3) is 0.467. The molecule has 0 spiro atoms. The number of pyridine rings is 1. The molecular formula is C15H19BrN2O. The van der Waals surface area contributed by atoms with Crippen molar-refractivity contribution in [1.82, 2.24) is 9.88 Å². The van der Waals surface area contributed by atoms with Gasteiger partial charge in [0.15, 0.2) is 0 Å². The van der Waals surface area contributed by atoms with Gasteiger partial charge in [-0.3, -0.25) is 4.79 Å². The Kier molecular flexibility index (Phi) is 4.09. The van der Waals surface area contributed by atoms with E-state index < -0.39 is 0 Å². The van der Waals surface area contributed by atoms with Gasteiger partial charge >= 0.3 is 0 Å². The van der Waals surface area contributed by atoms with Crippen LogP contribution in [0.5, 0.6) is 0 Å². The van der Waals surface area contributed by atoms with Crippen molar-refractivity contribution in [3.05, 3.63) is 40.1 Å². The molecular weight excluding hydrogens is 304 g/mol. The van der Waals surface area contributed by atoms with E-state index in [4.69, 9.17) is 0 Å². The summed E-state index contributed by atoms with van der Waals surface area (Å²) in [4.78, 5) is 18.4. The zero-order valence-electron chi connectivity index (χ0n) is 11.6. The molecule has 2 heterocycles. The Labute approximate surface area is 122 Å². The van der Waals surface area contributed by atoms with E-state index in [-0.39, 0.29) is 11.3 Å². The Balaban J connectivity index is 2.13. The van der Waals surface area contributed by atoms with Gasteiger partial charge in [0.05, 0.1) is 5.56 Å². The van der Waals surface area contributed by atoms with Crippen LogP contribution >= 0.6 is 15.9 Å². The molecule has 0 saturated carbocycles. The average molecular weight is 323 g/mol. The number of amides is 1. The number of hydrogen-bond acceptors (Lipinski definition) is 2. The SMILES string of the molecule is CC(C)(C)C1=CCN(C(=O)c2cccnc2Br)CC1. The average Bonchev–Trinajstić information content (AvgIpc) is 2.38. The molecule has 3 nitrogen and oxygen atoms in total. The number of carbonyl (C=O) groups is 1. The largest absolute Gasteiger partial charge is 0.335 e. The van der Waals surface area contributed by atoms with Gasteiger partial charge in [-0.15, -0.1) is 0 Å². The topological polar surface area (TPSA) is 33.2 Å². The quantitative estimate of drug-likeness (QED) is 0.584. The van der Waals surface area contributed by atoms with Gasteiger partial charge < -0.3 is 4.90 Å². The molecule has 2 rings (SSSR count). The molecule has 0 fully saturated rings. The Morgan fingerprint density at radius 1 is 1.42 bits per heavy atom. The van der Waals surface area contributed by atoms with Crippen LogP contribution in [0.4, 0.5) is 0 Å². The van der Waals surface area contributed by atoms with Crippen molar-refractivity contribution in [3.63, 3.8) is 0 Å². The monoisotopic (exact) mass is 322 g/mol. The Morgan fingerprint density at radius 3 is 2.68 bits per heavy atom. The summed E-state index contributed by atoms with van der Waals surface area (Å²) in [5.41, 5.74) is 2.27. The molecule has 102 valence electrons. The normalized spacial score (nSPS) is 16.2. The number of carbonyl (C=O) groups excluding carboxylic acids is 1. The molecule has 1 aromatic heterocycles. The fourth-order valence-electron chi connectivity index (χ4n) is 2.25. The highest BCUT2D eigenvalue weighted by Gasteiger charge is 2.25. The molecule has 0 N–H and O–H groups in total. The van der Waals surface area contributed by atoms with E-state index in [1.54, 1.807) is 12.3 Å². The predicted octanol–water partition coefficient (Wildman–Crippen LogP) is 3.66. The van der Waals surface area contributed by atoms with Crippen LogP contribution in [0, 0.1) is 5.41 Å². The molecule has 0 radical (unpaired) electrons. The summed E-state index contributed by atoms with van der Waals surface area (Å²) in [6, 6.07) is 3.60. The first kappa shape index (κ1) is 14.3. The standard InChI is InChI=1S/C15H19BrN2O/c1-15(2,3)11-6-9-18(10-7-11)14(19)12-5-4-8-17-13(12)16/h4-6,8H,7,9-10H2,1-3H3. The van der Waals surface area contributed by atoms with Crippen molar-refractivity contribution < 1.29 is 4.79 Å². The highest BCUT2D eigenvalue weighted by molar-refractivity contribution is 9.10. The zero-order valence-corrected chi connectivity index (χ0v) is 13.2. The van der Waals surface area contributed by atoms with Gasteiger partial charge in [0.1, 0.15) is 4.60 Å². The summed E-state index contributed by atoms with van der Waals surface area (Å²) in [5, 5.41) is 0. The third kappa shape index (κ3) is 3.24. The molecule has 4 heteroatoms. The summed E-state index contributed by atoms with van der Waals surface area (Å²) in [7, 11) is 0. The Bertz CT molecular complexity index is 517. The smallest absolute Gasteiger partial charge is 0.256 e. The number of halogens is 1. The van der Waals surface area contributed by atoms with Crippen molar-refractivity contribution in [2.24, 2.45) is 5.41 Å². The minimum atomic E-state index is 0.0455. The van der Waals surface area contributed by atoms with Crippen molar-refractivity contribution in [2.45, 2.75) is 27.2 Å². The van der Waals surface area contributed by atoms with E-state index in [0.29, 0.717) is 16.7 Å². The van der Waals surface area contributed by atoms with E-state index >= 15 is 0 Å². The molecule has 0 atom stereocenters. The maximum atomic E-state index is 12.4.